The van der Waals surface area contributed by atoms with Gasteiger partial charge in [0, 0.05) is 32.7 Å². The van der Waals surface area contributed by atoms with Gasteiger partial charge in [-0.1, -0.05) is 12.8 Å². The van der Waals surface area contributed by atoms with Crippen LogP contribution >= 0.6 is 0 Å². The molecule has 0 spiro atoms. The standard InChI is InChI=1S/C15H28N2O3/c18-15-5-9-17(8-4-2-1-3-7-16-15)10-12-20-14-6-11-19-13-14/h14H,1-13H2,(H,16,18). The topological polar surface area (TPSA) is 50.8 Å². The summed E-state index contributed by atoms with van der Waals surface area (Å²) in [6, 6.07) is 0. The third-order valence-corrected chi connectivity index (χ3v) is 4.03. The van der Waals surface area contributed by atoms with Crippen LogP contribution in [0.5, 0.6) is 0 Å². The van der Waals surface area contributed by atoms with E-state index in [-0.39, 0.29) is 12.0 Å². The number of ether oxygens (including phenoxy) is 2. The molecule has 116 valence electrons. The molecule has 1 N–H and O–H groups in total. The lowest BCUT2D eigenvalue weighted by Gasteiger charge is -2.22. The minimum atomic E-state index is 0.182. The number of hydrogen-bond donors (Lipinski definition) is 1. The Hall–Kier alpha value is -0.650. The molecule has 0 aromatic heterocycles. The minimum Gasteiger partial charge on any atom is -0.379 e. The third kappa shape index (κ3) is 6.20. The van der Waals surface area contributed by atoms with Gasteiger partial charge < -0.3 is 19.7 Å². The largest absolute Gasteiger partial charge is 0.379 e. The van der Waals surface area contributed by atoms with Crippen molar-refractivity contribution in [3.05, 3.63) is 0 Å². The van der Waals surface area contributed by atoms with Crippen LogP contribution in [0, 0.1) is 0 Å². The molecule has 2 saturated heterocycles. The van der Waals surface area contributed by atoms with Gasteiger partial charge in [-0.2, -0.15) is 0 Å². The molecule has 1 atom stereocenters. The molecule has 1 unspecified atom stereocenters. The summed E-state index contributed by atoms with van der Waals surface area (Å²) in [5.74, 6) is 0.182. The highest BCUT2D eigenvalue weighted by molar-refractivity contribution is 5.75. The molecule has 0 aromatic carbocycles. The third-order valence-electron chi connectivity index (χ3n) is 4.03. The second-order valence-electron chi connectivity index (χ2n) is 5.71. The molecule has 2 aliphatic heterocycles. The van der Waals surface area contributed by atoms with E-state index in [2.05, 4.69) is 10.2 Å². The predicted octanol–water partition coefficient (Wildman–Crippen LogP) is 1.17. The summed E-state index contributed by atoms with van der Waals surface area (Å²) in [7, 11) is 0. The Labute approximate surface area is 122 Å². The summed E-state index contributed by atoms with van der Waals surface area (Å²) in [6.07, 6.45) is 6.70. The molecule has 0 aliphatic carbocycles. The lowest BCUT2D eigenvalue weighted by atomic mass is 10.2. The van der Waals surface area contributed by atoms with Gasteiger partial charge in [-0.15, -0.1) is 0 Å². The number of amides is 1. The Morgan fingerprint density at radius 3 is 3.00 bits per heavy atom. The first-order valence-electron chi connectivity index (χ1n) is 8.03. The van der Waals surface area contributed by atoms with Crippen molar-refractivity contribution in [2.75, 3.05) is 46.0 Å². The number of rotatable bonds is 4. The summed E-state index contributed by atoms with van der Waals surface area (Å²) in [6.45, 7) is 5.99. The Morgan fingerprint density at radius 1 is 1.25 bits per heavy atom. The van der Waals surface area contributed by atoms with Crippen LogP contribution in [0.2, 0.25) is 0 Å². The van der Waals surface area contributed by atoms with E-state index in [0.717, 1.165) is 58.8 Å². The summed E-state index contributed by atoms with van der Waals surface area (Å²) in [5.41, 5.74) is 0. The van der Waals surface area contributed by atoms with Gasteiger partial charge in [-0.3, -0.25) is 4.79 Å². The number of carbonyl (C=O) groups excluding carboxylic acids is 1. The van der Waals surface area contributed by atoms with Crippen LogP contribution in [0.1, 0.15) is 38.5 Å². The molecule has 0 aromatic rings. The van der Waals surface area contributed by atoms with Crippen molar-refractivity contribution in [2.45, 2.75) is 44.6 Å². The smallest absolute Gasteiger partial charge is 0.221 e. The van der Waals surface area contributed by atoms with Crippen molar-refractivity contribution >= 4 is 5.91 Å². The molecule has 2 aliphatic rings. The van der Waals surface area contributed by atoms with Crippen LogP contribution in [-0.4, -0.2) is 62.9 Å². The summed E-state index contributed by atoms with van der Waals surface area (Å²) in [4.78, 5) is 14.0. The maximum Gasteiger partial charge on any atom is 0.221 e. The lowest BCUT2D eigenvalue weighted by Crippen LogP contribution is -2.34. The van der Waals surface area contributed by atoms with Gasteiger partial charge in [0.1, 0.15) is 0 Å². The number of hydrogen-bond acceptors (Lipinski definition) is 4. The van der Waals surface area contributed by atoms with Crippen LogP contribution in [0.4, 0.5) is 0 Å². The molecular weight excluding hydrogens is 256 g/mol. The summed E-state index contributed by atoms with van der Waals surface area (Å²) in [5, 5.41) is 2.99. The predicted molar refractivity (Wildman–Crippen MR) is 77.7 cm³/mol. The Balaban J connectivity index is 1.66. The molecule has 0 bridgehead atoms. The van der Waals surface area contributed by atoms with Crippen LogP contribution < -0.4 is 5.32 Å². The van der Waals surface area contributed by atoms with E-state index >= 15 is 0 Å². The fourth-order valence-corrected chi connectivity index (χ4v) is 2.72. The highest BCUT2D eigenvalue weighted by Gasteiger charge is 2.16. The van der Waals surface area contributed by atoms with Crippen molar-refractivity contribution < 1.29 is 14.3 Å². The molecular formula is C15H28N2O3. The van der Waals surface area contributed by atoms with E-state index in [1.807, 2.05) is 0 Å². The van der Waals surface area contributed by atoms with E-state index < -0.39 is 0 Å². The summed E-state index contributed by atoms with van der Waals surface area (Å²) < 4.78 is 11.1. The minimum absolute atomic E-state index is 0.182. The highest BCUT2D eigenvalue weighted by Crippen LogP contribution is 2.09. The fraction of sp³-hybridized carbons (Fsp3) is 0.933. The first-order valence-corrected chi connectivity index (χ1v) is 8.03. The van der Waals surface area contributed by atoms with Crippen molar-refractivity contribution in [1.82, 2.24) is 10.2 Å². The Kier molecular flexibility index (Phi) is 7.33. The van der Waals surface area contributed by atoms with Crippen LogP contribution in [0.3, 0.4) is 0 Å². The van der Waals surface area contributed by atoms with Crippen LogP contribution in [0.15, 0.2) is 0 Å². The van der Waals surface area contributed by atoms with E-state index in [9.17, 15) is 4.79 Å². The maximum absolute atomic E-state index is 11.7. The summed E-state index contributed by atoms with van der Waals surface area (Å²) >= 11 is 0. The Bertz CT molecular complexity index is 280. The van der Waals surface area contributed by atoms with Crippen molar-refractivity contribution in [3.63, 3.8) is 0 Å². The first-order chi connectivity index (χ1) is 9.84. The van der Waals surface area contributed by atoms with Gasteiger partial charge in [-0.25, -0.2) is 0 Å². The van der Waals surface area contributed by atoms with Crippen LogP contribution in [-0.2, 0) is 14.3 Å². The van der Waals surface area contributed by atoms with E-state index in [4.69, 9.17) is 9.47 Å². The quantitative estimate of drug-likeness (QED) is 0.842. The van der Waals surface area contributed by atoms with Crippen LogP contribution in [0.25, 0.3) is 0 Å². The second-order valence-corrected chi connectivity index (χ2v) is 5.71. The molecule has 1 amide bonds. The van der Waals surface area contributed by atoms with Crippen molar-refractivity contribution in [1.29, 1.82) is 0 Å². The molecule has 5 nitrogen and oxygen atoms in total. The second kappa shape index (κ2) is 9.32. The monoisotopic (exact) mass is 284 g/mol. The van der Waals surface area contributed by atoms with Crippen molar-refractivity contribution in [3.8, 4) is 0 Å². The zero-order chi connectivity index (χ0) is 14.0. The molecule has 5 heteroatoms. The molecule has 0 radical (unpaired) electrons. The number of nitrogens with one attached hydrogen (secondary N) is 1. The highest BCUT2D eigenvalue weighted by atomic mass is 16.5. The average molecular weight is 284 g/mol. The molecule has 20 heavy (non-hydrogen) atoms. The van der Waals surface area contributed by atoms with Gasteiger partial charge in [0.2, 0.25) is 5.91 Å². The number of nitrogens with zero attached hydrogens (tertiary/aromatic N) is 1. The van der Waals surface area contributed by atoms with Gasteiger partial charge in [-0.05, 0) is 25.8 Å². The van der Waals surface area contributed by atoms with E-state index in [1.165, 1.54) is 19.3 Å². The maximum atomic E-state index is 11.7. The van der Waals surface area contributed by atoms with Crippen molar-refractivity contribution in [2.24, 2.45) is 0 Å². The van der Waals surface area contributed by atoms with Gasteiger partial charge in [0.05, 0.1) is 19.3 Å². The average Bonchev–Trinajstić information content (AvgIpc) is 2.94. The van der Waals surface area contributed by atoms with Gasteiger partial charge >= 0.3 is 0 Å². The molecule has 2 heterocycles. The zero-order valence-electron chi connectivity index (χ0n) is 12.4. The zero-order valence-corrected chi connectivity index (χ0v) is 12.4. The molecule has 2 rings (SSSR count). The number of carbonyl (C=O) groups is 1. The van der Waals surface area contributed by atoms with E-state index in [1.54, 1.807) is 0 Å². The lowest BCUT2D eigenvalue weighted by molar-refractivity contribution is -0.121. The SMILES string of the molecule is O=C1CCN(CCOC2CCOC2)CCCCCCN1. The Morgan fingerprint density at radius 2 is 2.15 bits per heavy atom. The molecule has 2 fully saturated rings. The first kappa shape index (κ1) is 15.7. The van der Waals surface area contributed by atoms with Gasteiger partial charge in [0.25, 0.3) is 0 Å². The van der Waals surface area contributed by atoms with E-state index in [0.29, 0.717) is 6.42 Å². The molecule has 0 saturated carbocycles. The normalized spacial score (nSPS) is 27.0. The fourth-order valence-electron chi connectivity index (χ4n) is 2.72. The van der Waals surface area contributed by atoms with Gasteiger partial charge in [0.15, 0.2) is 0 Å².